The third-order valence-electron chi connectivity index (χ3n) is 4.32. The van der Waals surface area contributed by atoms with E-state index in [1.54, 1.807) is 31.3 Å². The molecule has 0 aromatic heterocycles. The Morgan fingerprint density at radius 3 is 2.35 bits per heavy atom. The van der Waals surface area contributed by atoms with E-state index < -0.39 is 10.0 Å². The summed E-state index contributed by atoms with van der Waals surface area (Å²) >= 11 is 0. The van der Waals surface area contributed by atoms with Gasteiger partial charge in [0.1, 0.15) is 0 Å². The van der Waals surface area contributed by atoms with Crippen LogP contribution in [0.5, 0.6) is 0 Å². The van der Waals surface area contributed by atoms with Gasteiger partial charge in [0.2, 0.25) is 10.0 Å². The molecule has 0 bridgehead atoms. The van der Waals surface area contributed by atoms with E-state index in [2.05, 4.69) is 6.92 Å². The third kappa shape index (κ3) is 3.05. The van der Waals surface area contributed by atoms with Crippen molar-refractivity contribution in [3.63, 3.8) is 0 Å². The first kappa shape index (κ1) is 15.5. The number of aliphatic hydroxyl groups excluding tert-OH is 1. The van der Waals surface area contributed by atoms with Crippen molar-refractivity contribution < 1.29 is 13.5 Å². The van der Waals surface area contributed by atoms with Crippen molar-refractivity contribution in [3.05, 3.63) is 29.8 Å². The van der Waals surface area contributed by atoms with Gasteiger partial charge in [-0.15, -0.1) is 0 Å². The highest BCUT2D eigenvalue weighted by Gasteiger charge is 2.32. The van der Waals surface area contributed by atoms with Gasteiger partial charge in [-0.05, 0) is 36.5 Å². The standard InChI is InChI=1S/C15H23NO3S/c1-12-5-3-4-6-15(12)16(2)20(18,19)14-9-7-13(11-17)8-10-14/h7-10,12,15,17H,3-6,11H2,1-2H3. The highest BCUT2D eigenvalue weighted by atomic mass is 32.2. The molecule has 112 valence electrons. The maximum Gasteiger partial charge on any atom is 0.243 e. The van der Waals surface area contributed by atoms with E-state index in [0.717, 1.165) is 24.8 Å². The van der Waals surface area contributed by atoms with Crippen LogP contribution >= 0.6 is 0 Å². The van der Waals surface area contributed by atoms with E-state index in [1.165, 1.54) is 10.7 Å². The minimum absolute atomic E-state index is 0.0736. The Hall–Kier alpha value is -0.910. The molecule has 1 aromatic rings. The van der Waals surface area contributed by atoms with E-state index in [1.807, 2.05) is 0 Å². The fraction of sp³-hybridized carbons (Fsp3) is 0.600. The minimum atomic E-state index is -3.44. The average molecular weight is 297 g/mol. The Labute approximate surface area is 121 Å². The summed E-state index contributed by atoms with van der Waals surface area (Å²) in [6.07, 6.45) is 4.31. The van der Waals surface area contributed by atoms with Gasteiger partial charge < -0.3 is 5.11 Å². The minimum Gasteiger partial charge on any atom is -0.392 e. The summed E-state index contributed by atoms with van der Waals surface area (Å²) in [5.41, 5.74) is 0.720. The predicted molar refractivity (Wildman–Crippen MR) is 78.7 cm³/mol. The molecular weight excluding hydrogens is 274 g/mol. The van der Waals surface area contributed by atoms with E-state index in [9.17, 15) is 8.42 Å². The lowest BCUT2D eigenvalue weighted by Crippen LogP contribution is -2.42. The zero-order valence-corrected chi connectivity index (χ0v) is 12.9. The molecule has 0 heterocycles. The van der Waals surface area contributed by atoms with E-state index in [0.29, 0.717) is 10.8 Å². The number of rotatable bonds is 4. The molecule has 20 heavy (non-hydrogen) atoms. The van der Waals surface area contributed by atoms with Gasteiger partial charge in [-0.3, -0.25) is 0 Å². The topological polar surface area (TPSA) is 57.6 Å². The van der Waals surface area contributed by atoms with Crippen LogP contribution in [0, 0.1) is 5.92 Å². The van der Waals surface area contributed by atoms with Gasteiger partial charge in [-0.1, -0.05) is 31.9 Å². The Balaban J connectivity index is 2.23. The number of aliphatic hydroxyl groups is 1. The van der Waals surface area contributed by atoms with Crippen molar-refractivity contribution in [1.82, 2.24) is 4.31 Å². The molecule has 0 aliphatic heterocycles. The highest BCUT2D eigenvalue weighted by Crippen LogP contribution is 2.30. The van der Waals surface area contributed by atoms with E-state index >= 15 is 0 Å². The molecular formula is C15H23NO3S. The summed E-state index contributed by atoms with van der Waals surface area (Å²) in [5, 5.41) is 9.02. The van der Waals surface area contributed by atoms with E-state index in [4.69, 9.17) is 5.11 Å². The first-order valence-corrected chi connectivity index (χ1v) is 8.58. The first-order chi connectivity index (χ1) is 9.46. The summed E-state index contributed by atoms with van der Waals surface area (Å²) < 4.78 is 26.8. The van der Waals surface area contributed by atoms with Crippen LogP contribution in [0.1, 0.15) is 38.2 Å². The van der Waals surface area contributed by atoms with E-state index in [-0.39, 0.29) is 12.6 Å². The van der Waals surface area contributed by atoms with Crippen molar-refractivity contribution in [1.29, 1.82) is 0 Å². The van der Waals surface area contributed by atoms with Crippen LogP contribution in [-0.4, -0.2) is 30.9 Å². The van der Waals surface area contributed by atoms with Crippen LogP contribution < -0.4 is 0 Å². The van der Waals surface area contributed by atoms with Crippen molar-refractivity contribution >= 4 is 10.0 Å². The predicted octanol–water partition coefficient (Wildman–Crippen LogP) is 2.38. The van der Waals surface area contributed by atoms with Gasteiger partial charge in [-0.2, -0.15) is 4.31 Å². The smallest absolute Gasteiger partial charge is 0.243 e. The molecule has 2 unspecified atom stereocenters. The Kier molecular flexibility index (Phi) is 4.83. The summed E-state index contributed by atoms with van der Waals surface area (Å²) in [5.74, 6) is 0.403. The molecule has 1 aliphatic carbocycles. The molecule has 4 nitrogen and oxygen atoms in total. The normalized spacial score (nSPS) is 24.0. The van der Waals surface area contributed by atoms with Crippen LogP contribution in [0.15, 0.2) is 29.2 Å². The molecule has 0 spiro atoms. The van der Waals surface area contributed by atoms with Gasteiger partial charge >= 0.3 is 0 Å². The van der Waals surface area contributed by atoms with Crippen LogP contribution in [0.3, 0.4) is 0 Å². The third-order valence-corrected chi connectivity index (χ3v) is 6.21. The maximum atomic E-state index is 12.6. The monoisotopic (exact) mass is 297 g/mol. The van der Waals surface area contributed by atoms with Crippen molar-refractivity contribution in [2.24, 2.45) is 5.92 Å². The van der Waals surface area contributed by atoms with Gasteiger partial charge in [0, 0.05) is 13.1 Å². The highest BCUT2D eigenvalue weighted by molar-refractivity contribution is 7.89. The molecule has 1 aliphatic rings. The van der Waals surface area contributed by atoms with Gasteiger partial charge in [0.05, 0.1) is 11.5 Å². The SMILES string of the molecule is CC1CCCCC1N(C)S(=O)(=O)c1ccc(CO)cc1. The zero-order valence-electron chi connectivity index (χ0n) is 12.1. The van der Waals surface area contributed by atoms with Crippen molar-refractivity contribution in [3.8, 4) is 0 Å². The largest absolute Gasteiger partial charge is 0.392 e. The first-order valence-electron chi connectivity index (χ1n) is 7.14. The summed E-state index contributed by atoms with van der Waals surface area (Å²) in [7, 11) is -1.76. The Bertz CT molecular complexity index is 539. The molecule has 1 aromatic carbocycles. The van der Waals surface area contributed by atoms with Gasteiger partial charge in [0.25, 0.3) is 0 Å². The zero-order chi connectivity index (χ0) is 14.8. The molecule has 1 fully saturated rings. The molecule has 0 radical (unpaired) electrons. The number of benzene rings is 1. The molecule has 5 heteroatoms. The van der Waals surface area contributed by atoms with Gasteiger partial charge in [-0.25, -0.2) is 8.42 Å². The molecule has 2 rings (SSSR count). The second-order valence-electron chi connectivity index (χ2n) is 5.65. The van der Waals surface area contributed by atoms with Crippen molar-refractivity contribution in [2.75, 3.05) is 7.05 Å². The molecule has 2 atom stereocenters. The summed E-state index contributed by atoms with van der Waals surface area (Å²) in [4.78, 5) is 0.301. The lowest BCUT2D eigenvalue weighted by molar-refractivity contribution is 0.213. The van der Waals surface area contributed by atoms with Crippen LogP contribution in [0.2, 0.25) is 0 Å². The Morgan fingerprint density at radius 1 is 1.20 bits per heavy atom. The second kappa shape index (κ2) is 6.24. The fourth-order valence-electron chi connectivity index (χ4n) is 2.95. The molecule has 0 saturated heterocycles. The number of nitrogens with zero attached hydrogens (tertiary/aromatic N) is 1. The van der Waals surface area contributed by atoms with Crippen molar-refractivity contribution in [2.45, 2.75) is 50.2 Å². The number of hydrogen-bond acceptors (Lipinski definition) is 3. The fourth-order valence-corrected chi connectivity index (χ4v) is 4.43. The number of hydrogen-bond donors (Lipinski definition) is 1. The molecule has 0 amide bonds. The maximum absolute atomic E-state index is 12.6. The second-order valence-corrected chi connectivity index (χ2v) is 7.65. The van der Waals surface area contributed by atoms with Gasteiger partial charge in [0.15, 0.2) is 0 Å². The summed E-state index contributed by atoms with van der Waals surface area (Å²) in [6.45, 7) is 2.06. The van der Waals surface area contributed by atoms with Crippen LogP contribution in [0.4, 0.5) is 0 Å². The van der Waals surface area contributed by atoms with Crippen LogP contribution in [-0.2, 0) is 16.6 Å². The molecule has 1 N–H and O–H groups in total. The average Bonchev–Trinajstić information content (AvgIpc) is 2.47. The van der Waals surface area contributed by atoms with Crippen LogP contribution in [0.25, 0.3) is 0 Å². The summed E-state index contributed by atoms with van der Waals surface area (Å²) in [6, 6.07) is 6.55. The lowest BCUT2D eigenvalue weighted by atomic mass is 9.86. The quantitative estimate of drug-likeness (QED) is 0.928. The lowest BCUT2D eigenvalue weighted by Gasteiger charge is -2.35. The Morgan fingerprint density at radius 2 is 1.80 bits per heavy atom. The molecule has 1 saturated carbocycles. The number of sulfonamides is 1.